The van der Waals surface area contributed by atoms with Crippen molar-refractivity contribution in [2.45, 2.75) is 12.5 Å². The summed E-state index contributed by atoms with van der Waals surface area (Å²) >= 11 is 0. The summed E-state index contributed by atoms with van der Waals surface area (Å²) in [5.74, 6) is 0.713. The van der Waals surface area contributed by atoms with Crippen LogP contribution in [-0.4, -0.2) is 12.7 Å². The minimum absolute atomic E-state index is 0.355. The van der Waals surface area contributed by atoms with E-state index in [9.17, 15) is 4.79 Å². The van der Waals surface area contributed by atoms with Crippen LogP contribution in [0.4, 0.5) is 4.79 Å². The summed E-state index contributed by atoms with van der Waals surface area (Å²) in [4.78, 5) is 11.0. The number of amides is 1. The molecule has 0 aliphatic carbocycles. The first-order valence-electron chi connectivity index (χ1n) is 7.42. The number of furan rings is 1. The Bertz CT molecular complexity index is 884. The van der Waals surface area contributed by atoms with E-state index in [0.29, 0.717) is 18.8 Å². The van der Waals surface area contributed by atoms with E-state index in [4.69, 9.17) is 19.6 Å². The highest BCUT2D eigenvalue weighted by atomic mass is 16.6. The van der Waals surface area contributed by atoms with Crippen LogP contribution in [0.3, 0.4) is 0 Å². The molecule has 23 heavy (non-hydrogen) atoms. The Balaban J connectivity index is 1.76. The number of benzene rings is 2. The molecule has 1 atom stereocenters. The molecule has 1 aromatic heterocycles. The minimum atomic E-state index is -0.771. The van der Waals surface area contributed by atoms with E-state index in [1.54, 1.807) is 6.26 Å². The molecule has 0 bridgehead atoms. The molecule has 1 amide bonds. The largest absolute Gasteiger partial charge is 0.493 e. The normalized spacial score (nSPS) is 16.6. The highest BCUT2D eigenvalue weighted by Crippen LogP contribution is 2.39. The molecule has 2 N–H and O–H groups in total. The lowest BCUT2D eigenvalue weighted by Gasteiger charge is -2.25. The predicted molar refractivity (Wildman–Crippen MR) is 85.2 cm³/mol. The van der Waals surface area contributed by atoms with Gasteiger partial charge in [0.05, 0.1) is 12.9 Å². The van der Waals surface area contributed by atoms with Gasteiger partial charge in [-0.3, -0.25) is 0 Å². The van der Waals surface area contributed by atoms with Gasteiger partial charge in [-0.15, -0.1) is 0 Å². The van der Waals surface area contributed by atoms with Crippen molar-refractivity contribution < 1.29 is 18.7 Å². The Morgan fingerprint density at radius 2 is 2.09 bits per heavy atom. The Hall–Kier alpha value is -2.95. The SMILES string of the molecule is NC(=O)OC1CCOc2cc(-c3coc4ccccc34)ccc21. The average molecular weight is 309 g/mol. The standard InChI is InChI=1S/C18H15NO4/c19-18(20)23-16-7-8-21-17-9-11(5-6-13(16)17)14-10-22-15-4-2-1-3-12(14)15/h1-6,9-10,16H,7-8H2,(H2,19,20). The van der Waals surface area contributed by atoms with Crippen molar-refractivity contribution in [2.75, 3.05) is 6.61 Å². The number of rotatable bonds is 2. The molecule has 0 saturated heterocycles. The molecule has 1 aliphatic heterocycles. The number of hydrogen-bond donors (Lipinski definition) is 1. The van der Waals surface area contributed by atoms with E-state index in [1.165, 1.54) is 0 Å². The van der Waals surface area contributed by atoms with E-state index in [0.717, 1.165) is 27.7 Å². The van der Waals surface area contributed by atoms with Gasteiger partial charge in [-0.2, -0.15) is 0 Å². The zero-order valence-electron chi connectivity index (χ0n) is 12.3. The smallest absolute Gasteiger partial charge is 0.405 e. The predicted octanol–water partition coefficient (Wildman–Crippen LogP) is 4.02. The Morgan fingerprint density at radius 1 is 1.22 bits per heavy atom. The maximum atomic E-state index is 11.0. The first kappa shape index (κ1) is 13.7. The molecule has 4 rings (SSSR count). The molecule has 116 valence electrons. The van der Waals surface area contributed by atoms with Gasteiger partial charge in [0.25, 0.3) is 0 Å². The van der Waals surface area contributed by atoms with Gasteiger partial charge in [0.2, 0.25) is 0 Å². The fourth-order valence-corrected chi connectivity index (χ4v) is 2.99. The van der Waals surface area contributed by atoms with Gasteiger partial charge in [-0.05, 0) is 17.7 Å². The summed E-state index contributed by atoms with van der Waals surface area (Å²) in [6.07, 6.45) is 1.22. The van der Waals surface area contributed by atoms with Gasteiger partial charge in [-0.25, -0.2) is 4.79 Å². The second-order valence-electron chi connectivity index (χ2n) is 5.46. The third-order valence-electron chi connectivity index (χ3n) is 4.05. The van der Waals surface area contributed by atoms with Gasteiger partial charge in [0.15, 0.2) is 0 Å². The summed E-state index contributed by atoms with van der Waals surface area (Å²) < 4.78 is 16.5. The number of primary amides is 1. The van der Waals surface area contributed by atoms with E-state index in [-0.39, 0.29) is 6.10 Å². The van der Waals surface area contributed by atoms with Crippen LogP contribution in [0.25, 0.3) is 22.1 Å². The van der Waals surface area contributed by atoms with Crippen molar-refractivity contribution in [3.63, 3.8) is 0 Å². The van der Waals surface area contributed by atoms with Crippen LogP contribution in [0, 0.1) is 0 Å². The molecular weight excluding hydrogens is 294 g/mol. The molecule has 5 nitrogen and oxygen atoms in total. The molecule has 0 spiro atoms. The molecule has 2 aromatic carbocycles. The van der Waals surface area contributed by atoms with Crippen molar-refractivity contribution >= 4 is 17.1 Å². The van der Waals surface area contributed by atoms with Crippen molar-refractivity contribution in [3.05, 3.63) is 54.3 Å². The average Bonchev–Trinajstić information content (AvgIpc) is 2.98. The highest BCUT2D eigenvalue weighted by Gasteiger charge is 2.25. The van der Waals surface area contributed by atoms with Crippen LogP contribution in [0.1, 0.15) is 18.1 Å². The van der Waals surface area contributed by atoms with Crippen LogP contribution in [0.5, 0.6) is 5.75 Å². The molecule has 5 heteroatoms. The summed E-state index contributed by atoms with van der Waals surface area (Å²) in [7, 11) is 0. The summed E-state index contributed by atoms with van der Waals surface area (Å²) in [5.41, 5.74) is 8.82. The first-order chi connectivity index (χ1) is 11.2. The number of para-hydroxylation sites is 1. The molecule has 0 saturated carbocycles. The maximum Gasteiger partial charge on any atom is 0.405 e. The monoisotopic (exact) mass is 309 g/mol. The fourth-order valence-electron chi connectivity index (χ4n) is 2.99. The van der Waals surface area contributed by atoms with Crippen LogP contribution >= 0.6 is 0 Å². The third-order valence-corrected chi connectivity index (χ3v) is 4.05. The van der Waals surface area contributed by atoms with Crippen molar-refractivity contribution in [3.8, 4) is 16.9 Å². The Kier molecular flexibility index (Phi) is 3.19. The van der Waals surface area contributed by atoms with Crippen molar-refractivity contribution in [1.29, 1.82) is 0 Å². The fraction of sp³-hybridized carbons (Fsp3) is 0.167. The second-order valence-corrected chi connectivity index (χ2v) is 5.46. The molecule has 3 aromatic rings. The molecule has 1 unspecified atom stereocenters. The van der Waals surface area contributed by atoms with Gasteiger partial charge in [0, 0.05) is 22.9 Å². The lowest BCUT2D eigenvalue weighted by Crippen LogP contribution is -2.22. The minimum Gasteiger partial charge on any atom is -0.493 e. The number of carbonyl (C=O) groups excluding carboxylic acids is 1. The third kappa shape index (κ3) is 2.40. The van der Waals surface area contributed by atoms with E-state index in [2.05, 4.69) is 0 Å². The van der Waals surface area contributed by atoms with Crippen LogP contribution in [-0.2, 0) is 4.74 Å². The first-order valence-corrected chi connectivity index (χ1v) is 7.42. The molecular formula is C18H15NO4. The summed E-state index contributed by atoms with van der Waals surface area (Å²) in [5, 5.41) is 1.05. The van der Waals surface area contributed by atoms with Gasteiger partial charge < -0.3 is 19.6 Å². The zero-order chi connectivity index (χ0) is 15.8. The summed E-state index contributed by atoms with van der Waals surface area (Å²) in [6, 6.07) is 13.7. The number of fused-ring (bicyclic) bond motifs is 2. The highest BCUT2D eigenvalue weighted by molar-refractivity contribution is 5.94. The van der Waals surface area contributed by atoms with Crippen LogP contribution < -0.4 is 10.5 Å². The molecule has 0 fully saturated rings. The van der Waals surface area contributed by atoms with Crippen LogP contribution in [0.15, 0.2) is 53.1 Å². The molecule has 2 heterocycles. The Morgan fingerprint density at radius 3 is 2.96 bits per heavy atom. The van der Waals surface area contributed by atoms with Crippen LogP contribution in [0.2, 0.25) is 0 Å². The number of hydrogen-bond acceptors (Lipinski definition) is 4. The van der Waals surface area contributed by atoms with Crippen molar-refractivity contribution in [1.82, 2.24) is 0 Å². The lowest BCUT2D eigenvalue weighted by molar-refractivity contribution is 0.0766. The lowest BCUT2D eigenvalue weighted by atomic mass is 9.98. The van der Waals surface area contributed by atoms with E-state index < -0.39 is 6.09 Å². The van der Waals surface area contributed by atoms with E-state index in [1.807, 2.05) is 42.5 Å². The zero-order valence-corrected chi connectivity index (χ0v) is 12.3. The second kappa shape index (κ2) is 5.35. The van der Waals surface area contributed by atoms with E-state index >= 15 is 0 Å². The topological polar surface area (TPSA) is 74.7 Å². The number of carbonyl (C=O) groups is 1. The van der Waals surface area contributed by atoms with Gasteiger partial charge in [-0.1, -0.05) is 30.3 Å². The number of ether oxygens (including phenoxy) is 2. The van der Waals surface area contributed by atoms with Gasteiger partial charge in [0.1, 0.15) is 17.4 Å². The molecule has 0 radical (unpaired) electrons. The van der Waals surface area contributed by atoms with Gasteiger partial charge >= 0.3 is 6.09 Å². The van der Waals surface area contributed by atoms with Crippen molar-refractivity contribution in [2.24, 2.45) is 5.73 Å². The Labute approximate surface area is 132 Å². The maximum absolute atomic E-state index is 11.0. The molecule has 1 aliphatic rings. The quantitative estimate of drug-likeness (QED) is 0.776. The number of nitrogens with two attached hydrogens (primary N) is 1. The summed E-state index contributed by atoms with van der Waals surface area (Å²) in [6.45, 7) is 0.487.